The predicted octanol–water partition coefficient (Wildman–Crippen LogP) is 5.21. The smallest absolute Gasteiger partial charge is 0.416 e. The molecule has 0 aliphatic carbocycles. The summed E-state index contributed by atoms with van der Waals surface area (Å²) in [6.07, 6.45) is -2.04. The summed E-state index contributed by atoms with van der Waals surface area (Å²) in [4.78, 5) is 30.8. The van der Waals surface area contributed by atoms with Crippen LogP contribution in [0.3, 0.4) is 0 Å². The Morgan fingerprint density at radius 1 is 1.13 bits per heavy atom. The standard InChI is InChI=1S/C25H24F3N7O3S/c1-14-5-6-18(30-22(36)16-7-15(12-34(2)3)8-17(9-16)25(26,27)28)10-20(14)35-13-19(32-33-35)21-11-29-23(39-21)31-24(37)38-4/h5-11,13H,12H2,1-4H3,(H,30,36)(H,29,31,37). The Morgan fingerprint density at radius 3 is 2.59 bits per heavy atom. The molecule has 2 aromatic carbocycles. The number of thiazole rings is 1. The van der Waals surface area contributed by atoms with Crippen LogP contribution in [-0.4, -0.2) is 58.1 Å². The van der Waals surface area contributed by atoms with E-state index >= 15 is 0 Å². The van der Waals surface area contributed by atoms with Crippen LogP contribution >= 0.6 is 11.3 Å². The van der Waals surface area contributed by atoms with E-state index in [1.165, 1.54) is 35.4 Å². The van der Waals surface area contributed by atoms with E-state index < -0.39 is 23.7 Å². The fourth-order valence-electron chi connectivity index (χ4n) is 3.66. The molecule has 10 nitrogen and oxygen atoms in total. The third-order valence-corrected chi connectivity index (χ3v) is 6.38. The highest BCUT2D eigenvalue weighted by Gasteiger charge is 2.32. The Balaban J connectivity index is 1.57. The molecular weight excluding hydrogens is 535 g/mol. The lowest BCUT2D eigenvalue weighted by atomic mass is 10.0. The van der Waals surface area contributed by atoms with Crippen molar-refractivity contribution in [2.24, 2.45) is 0 Å². The Bertz CT molecular complexity index is 1510. The third kappa shape index (κ3) is 6.78. The highest BCUT2D eigenvalue weighted by atomic mass is 32.1. The summed E-state index contributed by atoms with van der Waals surface area (Å²) < 4.78 is 46.5. The van der Waals surface area contributed by atoms with E-state index in [4.69, 9.17) is 0 Å². The van der Waals surface area contributed by atoms with E-state index in [9.17, 15) is 22.8 Å². The second-order valence-corrected chi connectivity index (χ2v) is 9.83. The number of amides is 2. The molecule has 0 bridgehead atoms. The number of carbonyl (C=O) groups is 2. The van der Waals surface area contributed by atoms with Crippen molar-refractivity contribution >= 4 is 34.2 Å². The van der Waals surface area contributed by atoms with Gasteiger partial charge in [-0.25, -0.2) is 14.5 Å². The van der Waals surface area contributed by atoms with Gasteiger partial charge in [-0.1, -0.05) is 22.6 Å². The minimum atomic E-state index is -4.59. The number of hydrogen-bond acceptors (Lipinski definition) is 8. The lowest BCUT2D eigenvalue weighted by Gasteiger charge is -2.15. The predicted molar refractivity (Wildman–Crippen MR) is 140 cm³/mol. The molecule has 4 rings (SSSR count). The molecule has 0 aliphatic heterocycles. The van der Waals surface area contributed by atoms with Crippen molar-refractivity contribution in [2.75, 3.05) is 31.8 Å². The SMILES string of the molecule is COC(=O)Nc1ncc(-c2cn(-c3cc(NC(=O)c4cc(CN(C)C)cc(C(F)(F)F)c4)ccc3C)nn2)s1. The van der Waals surface area contributed by atoms with Crippen LogP contribution in [0.1, 0.15) is 27.0 Å². The van der Waals surface area contributed by atoms with Gasteiger partial charge in [-0.2, -0.15) is 13.2 Å². The van der Waals surface area contributed by atoms with Crippen molar-refractivity contribution in [3.63, 3.8) is 0 Å². The summed E-state index contributed by atoms with van der Waals surface area (Å²) in [5.74, 6) is -0.675. The molecule has 204 valence electrons. The van der Waals surface area contributed by atoms with Gasteiger partial charge < -0.3 is 15.0 Å². The van der Waals surface area contributed by atoms with Crippen LogP contribution in [0.15, 0.2) is 48.8 Å². The number of anilines is 2. The number of halogens is 3. The molecule has 2 heterocycles. The minimum Gasteiger partial charge on any atom is -0.453 e. The summed E-state index contributed by atoms with van der Waals surface area (Å²) in [5, 5.41) is 13.8. The summed E-state index contributed by atoms with van der Waals surface area (Å²) >= 11 is 1.18. The second kappa shape index (κ2) is 11.2. The van der Waals surface area contributed by atoms with Gasteiger partial charge in [0.2, 0.25) is 0 Å². The maximum absolute atomic E-state index is 13.5. The number of nitrogens with zero attached hydrogens (tertiary/aromatic N) is 5. The number of aromatic nitrogens is 4. The molecule has 0 fully saturated rings. The van der Waals surface area contributed by atoms with E-state index in [1.807, 2.05) is 6.92 Å². The molecular formula is C25H24F3N7O3S. The largest absolute Gasteiger partial charge is 0.453 e. The average Bonchev–Trinajstić information content (AvgIpc) is 3.54. The topological polar surface area (TPSA) is 114 Å². The molecule has 4 aromatic rings. The Hall–Kier alpha value is -4.30. The number of rotatable bonds is 7. The monoisotopic (exact) mass is 559 g/mol. The summed E-state index contributed by atoms with van der Waals surface area (Å²) in [7, 11) is 4.71. The van der Waals surface area contributed by atoms with Gasteiger partial charge in [0.1, 0.15) is 5.69 Å². The molecule has 0 saturated carbocycles. The zero-order valence-corrected chi connectivity index (χ0v) is 22.1. The fourth-order valence-corrected chi connectivity index (χ4v) is 4.42. The highest BCUT2D eigenvalue weighted by molar-refractivity contribution is 7.19. The summed E-state index contributed by atoms with van der Waals surface area (Å²) in [6, 6.07) is 8.38. The zero-order valence-electron chi connectivity index (χ0n) is 21.3. The van der Waals surface area contributed by atoms with Crippen molar-refractivity contribution in [3.05, 3.63) is 71.0 Å². The average molecular weight is 560 g/mol. The van der Waals surface area contributed by atoms with Gasteiger partial charge in [0.25, 0.3) is 5.91 Å². The number of nitrogens with one attached hydrogen (secondary N) is 2. The molecule has 2 aromatic heterocycles. The summed E-state index contributed by atoms with van der Waals surface area (Å²) in [5.41, 5.74) is 1.65. The molecule has 0 radical (unpaired) electrons. The molecule has 0 unspecified atom stereocenters. The zero-order chi connectivity index (χ0) is 28.3. The third-order valence-electron chi connectivity index (χ3n) is 5.44. The fraction of sp³-hybridized carbons (Fsp3) is 0.240. The van der Waals surface area contributed by atoms with Gasteiger partial charge in [-0.3, -0.25) is 10.1 Å². The van der Waals surface area contributed by atoms with Gasteiger partial charge in [-0.05, 0) is 62.5 Å². The minimum absolute atomic E-state index is 0.103. The van der Waals surface area contributed by atoms with Gasteiger partial charge >= 0.3 is 12.3 Å². The normalized spacial score (nSPS) is 11.5. The maximum Gasteiger partial charge on any atom is 0.416 e. The summed E-state index contributed by atoms with van der Waals surface area (Å²) in [6.45, 7) is 2.08. The van der Waals surface area contributed by atoms with E-state index in [2.05, 4.69) is 30.7 Å². The first kappa shape index (κ1) is 27.7. The van der Waals surface area contributed by atoms with Gasteiger partial charge in [-0.15, -0.1) is 5.10 Å². The van der Waals surface area contributed by atoms with Crippen LogP contribution in [0.4, 0.5) is 28.8 Å². The van der Waals surface area contributed by atoms with Crippen LogP contribution < -0.4 is 10.6 Å². The maximum atomic E-state index is 13.5. The van der Waals surface area contributed by atoms with Crippen molar-refractivity contribution in [1.82, 2.24) is 24.9 Å². The number of hydrogen-bond donors (Lipinski definition) is 2. The van der Waals surface area contributed by atoms with Gasteiger partial charge in [0.15, 0.2) is 5.13 Å². The van der Waals surface area contributed by atoms with Crippen LogP contribution in [0.5, 0.6) is 0 Å². The van der Waals surface area contributed by atoms with Crippen molar-refractivity contribution in [3.8, 4) is 16.3 Å². The number of alkyl halides is 3. The molecule has 2 amide bonds. The van der Waals surface area contributed by atoms with Crippen LogP contribution in [0, 0.1) is 6.92 Å². The lowest BCUT2D eigenvalue weighted by Crippen LogP contribution is -2.17. The van der Waals surface area contributed by atoms with Gasteiger partial charge in [0.05, 0.1) is 29.4 Å². The number of benzene rings is 2. The first-order valence-corrected chi connectivity index (χ1v) is 12.3. The van der Waals surface area contributed by atoms with Crippen molar-refractivity contribution < 1.29 is 27.5 Å². The van der Waals surface area contributed by atoms with Crippen LogP contribution in [0.2, 0.25) is 0 Å². The second-order valence-electron chi connectivity index (χ2n) is 8.80. The van der Waals surface area contributed by atoms with E-state index in [-0.39, 0.29) is 12.1 Å². The molecule has 2 N–H and O–H groups in total. The van der Waals surface area contributed by atoms with E-state index in [0.717, 1.165) is 17.7 Å². The number of carbonyl (C=O) groups excluding carboxylic acids is 2. The number of methoxy groups -OCH3 is 1. The van der Waals surface area contributed by atoms with Crippen molar-refractivity contribution in [1.29, 1.82) is 0 Å². The van der Waals surface area contributed by atoms with E-state index in [1.54, 1.807) is 43.4 Å². The van der Waals surface area contributed by atoms with Crippen molar-refractivity contribution in [2.45, 2.75) is 19.6 Å². The Morgan fingerprint density at radius 2 is 1.90 bits per heavy atom. The number of ether oxygens (including phenoxy) is 1. The first-order chi connectivity index (χ1) is 18.4. The molecule has 14 heteroatoms. The molecule has 0 saturated heterocycles. The molecule has 0 aliphatic rings. The quantitative estimate of drug-likeness (QED) is 0.320. The van der Waals surface area contributed by atoms with Crippen LogP contribution in [-0.2, 0) is 17.5 Å². The molecule has 0 atom stereocenters. The Kier molecular flexibility index (Phi) is 7.97. The van der Waals surface area contributed by atoms with Gasteiger partial charge in [0, 0.05) is 24.0 Å². The van der Waals surface area contributed by atoms with Crippen LogP contribution in [0.25, 0.3) is 16.3 Å². The first-order valence-electron chi connectivity index (χ1n) is 11.4. The highest BCUT2D eigenvalue weighted by Crippen LogP contribution is 2.32. The lowest BCUT2D eigenvalue weighted by molar-refractivity contribution is -0.137. The number of aryl methyl sites for hydroxylation is 1. The molecule has 0 spiro atoms. The Labute approximate surface area is 225 Å². The van der Waals surface area contributed by atoms with E-state index in [0.29, 0.717) is 32.6 Å². The molecule has 39 heavy (non-hydrogen) atoms.